The zero-order chi connectivity index (χ0) is 13.3. The van der Waals surface area contributed by atoms with E-state index in [-0.39, 0.29) is 12.5 Å². The molecule has 0 saturated heterocycles. The number of carboxylic acid groups (broad SMARTS) is 1. The third-order valence-corrected chi connectivity index (χ3v) is 2.17. The van der Waals surface area contributed by atoms with Crippen molar-refractivity contribution in [1.82, 2.24) is 5.32 Å². The van der Waals surface area contributed by atoms with Gasteiger partial charge >= 0.3 is 5.97 Å². The van der Waals surface area contributed by atoms with Gasteiger partial charge in [0, 0.05) is 13.2 Å². The van der Waals surface area contributed by atoms with Crippen molar-refractivity contribution in [2.24, 2.45) is 5.92 Å². The number of carboxylic acids is 1. The van der Waals surface area contributed by atoms with Gasteiger partial charge in [-0.1, -0.05) is 6.92 Å². The van der Waals surface area contributed by atoms with Crippen molar-refractivity contribution < 1.29 is 24.2 Å². The van der Waals surface area contributed by atoms with E-state index in [0.29, 0.717) is 19.8 Å². The first kappa shape index (κ1) is 15.9. The van der Waals surface area contributed by atoms with Crippen LogP contribution in [0.25, 0.3) is 0 Å². The van der Waals surface area contributed by atoms with E-state index in [1.165, 1.54) is 6.92 Å². The number of ether oxygens (including phenoxy) is 2. The van der Waals surface area contributed by atoms with Gasteiger partial charge in [0.15, 0.2) is 0 Å². The second-order valence-corrected chi connectivity index (χ2v) is 3.69. The number of rotatable bonds is 9. The number of nitrogens with one attached hydrogen (secondary N) is 1. The van der Waals surface area contributed by atoms with E-state index < -0.39 is 18.0 Å². The Morgan fingerprint density at radius 1 is 1.29 bits per heavy atom. The van der Waals surface area contributed by atoms with Gasteiger partial charge in [-0.25, -0.2) is 0 Å². The third-order valence-electron chi connectivity index (χ3n) is 2.17. The second kappa shape index (κ2) is 8.95. The number of amides is 1. The Bertz CT molecular complexity index is 244. The molecule has 0 spiro atoms. The first-order valence-electron chi connectivity index (χ1n) is 5.68. The molecule has 0 aliphatic carbocycles. The van der Waals surface area contributed by atoms with Crippen LogP contribution in [0.15, 0.2) is 0 Å². The van der Waals surface area contributed by atoms with E-state index in [4.69, 9.17) is 14.6 Å². The van der Waals surface area contributed by atoms with Gasteiger partial charge in [0.2, 0.25) is 5.91 Å². The van der Waals surface area contributed by atoms with Crippen LogP contribution in [0.2, 0.25) is 0 Å². The molecule has 6 nitrogen and oxygen atoms in total. The van der Waals surface area contributed by atoms with Gasteiger partial charge in [-0.05, 0) is 13.8 Å². The topological polar surface area (TPSA) is 84.9 Å². The minimum atomic E-state index is -0.935. The summed E-state index contributed by atoms with van der Waals surface area (Å²) in [4.78, 5) is 22.0. The molecule has 2 atom stereocenters. The number of carbonyl (C=O) groups excluding carboxylic acids is 1. The first-order valence-corrected chi connectivity index (χ1v) is 5.68. The largest absolute Gasteiger partial charge is 0.481 e. The summed E-state index contributed by atoms with van der Waals surface area (Å²) in [6.45, 7) is 6.53. The molecule has 2 unspecified atom stereocenters. The van der Waals surface area contributed by atoms with E-state index in [0.717, 1.165) is 0 Å². The van der Waals surface area contributed by atoms with E-state index in [2.05, 4.69) is 5.32 Å². The van der Waals surface area contributed by atoms with Gasteiger partial charge in [0.25, 0.3) is 0 Å². The van der Waals surface area contributed by atoms with Gasteiger partial charge < -0.3 is 19.9 Å². The fourth-order valence-corrected chi connectivity index (χ4v) is 0.989. The highest BCUT2D eigenvalue weighted by molar-refractivity contribution is 5.81. The molecule has 0 fully saturated rings. The fourth-order valence-electron chi connectivity index (χ4n) is 0.989. The summed E-state index contributed by atoms with van der Waals surface area (Å²) in [6, 6.07) is 0. The molecule has 1 amide bonds. The predicted molar refractivity (Wildman–Crippen MR) is 61.7 cm³/mol. The zero-order valence-electron chi connectivity index (χ0n) is 10.6. The maximum atomic E-state index is 11.5. The Morgan fingerprint density at radius 3 is 2.47 bits per heavy atom. The van der Waals surface area contributed by atoms with Crippen LogP contribution in [-0.4, -0.2) is 49.5 Å². The van der Waals surface area contributed by atoms with Crippen LogP contribution in [0.5, 0.6) is 0 Å². The van der Waals surface area contributed by atoms with Crippen molar-refractivity contribution in [3.63, 3.8) is 0 Å². The molecule has 0 aromatic rings. The number of aliphatic carboxylic acids is 1. The van der Waals surface area contributed by atoms with Crippen LogP contribution in [0.1, 0.15) is 20.8 Å². The smallest absolute Gasteiger partial charge is 0.308 e. The normalized spacial score (nSPS) is 14.1. The quantitative estimate of drug-likeness (QED) is 0.571. The monoisotopic (exact) mass is 247 g/mol. The lowest BCUT2D eigenvalue weighted by Crippen LogP contribution is -2.38. The molecule has 17 heavy (non-hydrogen) atoms. The molecule has 6 heteroatoms. The van der Waals surface area contributed by atoms with E-state index in [1.54, 1.807) is 6.92 Å². The van der Waals surface area contributed by atoms with Gasteiger partial charge in [0.05, 0.1) is 19.1 Å². The lowest BCUT2D eigenvalue weighted by Gasteiger charge is -2.14. The summed E-state index contributed by atoms with van der Waals surface area (Å²) in [6.07, 6.45) is -0.601. The molecular formula is C11H21NO5. The zero-order valence-corrected chi connectivity index (χ0v) is 10.6. The highest BCUT2D eigenvalue weighted by Crippen LogP contribution is 1.95. The predicted octanol–water partition coefficient (Wildman–Crippen LogP) is 0.265. The van der Waals surface area contributed by atoms with Crippen LogP contribution < -0.4 is 5.32 Å². The van der Waals surface area contributed by atoms with Gasteiger partial charge in [0.1, 0.15) is 6.10 Å². The highest BCUT2D eigenvalue weighted by Gasteiger charge is 2.16. The molecule has 0 aliphatic rings. The Kier molecular flexibility index (Phi) is 8.35. The molecule has 0 saturated carbocycles. The Balaban J connectivity index is 3.70. The molecule has 0 heterocycles. The third kappa shape index (κ3) is 7.70. The summed E-state index contributed by atoms with van der Waals surface area (Å²) < 4.78 is 10.3. The summed E-state index contributed by atoms with van der Waals surface area (Å²) in [7, 11) is 0. The summed E-state index contributed by atoms with van der Waals surface area (Å²) in [5, 5.41) is 11.2. The maximum absolute atomic E-state index is 11.5. The van der Waals surface area contributed by atoms with Crippen LogP contribution in [0.4, 0.5) is 0 Å². The molecule has 0 aliphatic heterocycles. The van der Waals surface area contributed by atoms with Crippen molar-refractivity contribution in [2.45, 2.75) is 26.9 Å². The summed E-state index contributed by atoms with van der Waals surface area (Å²) in [5.41, 5.74) is 0. The lowest BCUT2D eigenvalue weighted by atomic mass is 10.2. The minimum Gasteiger partial charge on any atom is -0.481 e. The van der Waals surface area contributed by atoms with Crippen LogP contribution >= 0.6 is 0 Å². The second-order valence-electron chi connectivity index (χ2n) is 3.69. The maximum Gasteiger partial charge on any atom is 0.308 e. The van der Waals surface area contributed by atoms with Crippen molar-refractivity contribution in [3.8, 4) is 0 Å². The Hall–Kier alpha value is -1.14. The van der Waals surface area contributed by atoms with E-state index >= 15 is 0 Å². The minimum absolute atomic E-state index is 0.104. The van der Waals surface area contributed by atoms with Crippen molar-refractivity contribution in [3.05, 3.63) is 0 Å². The van der Waals surface area contributed by atoms with Gasteiger partial charge in [-0.15, -0.1) is 0 Å². The van der Waals surface area contributed by atoms with E-state index in [1.807, 2.05) is 6.92 Å². The average Bonchev–Trinajstić information content (AvgIpc) is 2.30. The van der Waals surface area contributed by atoms with Crippen LogP contribution in [0, 0.1) is 5.92 Å². The first-order chi connectivity index (χ1) is 7.99. The van der Waals surface area contributed by atoms with Crippen molar-refractivity contribution >= 4 is 11.9 Å². The SMILES string of the molecule is CCOCCOC(C)C(=O)NCC(C)C(=O)O. The summed E-state index contributed by atoms with van der Waals surface area (Å²) >= 11 is 0. The van der Waals surface area contributed by atoms with Gasteiger partial charge in [-0.3, -0.25) is 9.59 Å². The molecular weight excluding hydrogens is 226 g/mol. The van der Waals surface area contributed by atoms with Crippen LogP contribution in [-0.2, 0) is 19.1 Å². The highest BCUT2D eigenvalue weighted by atomic mass is 16.5. The van der Waals surface area contributed by atoms with Crippen molar-refractivity contribution in [2.75, 3.05) is 26.4 Å². The summed E-state index contributed by atoms with van der Waals surface area (Å²) in [5.74, 6) is -1.85. The Morgan fingerprint density at radius 2 is 1.94 bits per heavy atom. The molecule has 0 rings (SSSR count). The molecule has 100 valence electrons. The lowest BCUT2D eigenvalue weighted by molar-refractivity contribution is -0.141. The molecule has 0 radical (unpaired) electrons. The molecule has 0 aromatic heterocycles. The average molecular weight is 247 g/mol. The standard InChI is InChI=1S/C11H21NO5/c1-4-16-5-6-17-9(3)10(13)12-7-8(2)11(14)15/h8-9H,4-7H2,1-3H3,(H,12,13)(H,14,15). The number of hydrogen-bond acceptors (Lipinski definition) is 4. The van der Waals surface area contributed by atoms with Crippen LogP contribution in [0.3, 0.4) is 0 Å². The van der Waals surface area contributed by atoms with E-state index in [9.17, 15) is 9.59 Å². The van der Waals surface area contributed by atoms with Crippen molar-refractivity contribution in [1.29, 1.82) is 0 Å². The van der Waals surface area contributed by atoms with Gasteiger partial charge in [-0.2, -0.15) is 0 Å². The fraction of sp³-hybridized carbons (Fsp3) is 0.818. The molecule has 2 N–H and O–H groups in total. The molecule has 0 aromatic carbocycles. The number of carbonyl (C=O) groups is 2. The Labute approximate surface area is 101 Å². The number of hydrogen-bond donors (Lipinski definition) is 2. The molecule has 0 bridgehead atoms.